The summed E-state index contributed by atoms with van der Waals surface area (Å²) in [5.74, 6) is 0.745. The van der Waals surface area contributed by atoms with Gasteiger partial charge in [0.2, 0.25) is 0 Å². The topological polar surface area (TPSA) is 79.6 Å². The second-order valence-corrected chi connectivity index (χ2v) is 10.6. The molecule has 0 saturated carbocycles. The molecule has 3 aromatic carbocycles. The average Bonchev–Trinajstić information content (AvgIpc) is 3.11. The summed E-state index contributed by atoms with van der Waals surface area (Å²) in [7, 11) is 1.56. The molecule has 0 radical (unpaired) electrons. The lowest BCUT2D eigenvalue weighted by molar-refractivity contribution is -0.123. The average molecular weight is 661 g/mol. The summed E-state index contributed by atoms with van der Waals surface area (Å²) in [5, 5.41) is 8.93. The summed E-state index contributed by atoms with van der Waals surface area (Å²) in [5.41, 5.74) is 2.79. The Kier molecular flexibility index (Phi) is 8.15. The number of rotatable bonds is 7. The van der Waals surface area contributed by atoms with Crippen LogP contribution in [0.2, 0.25) is 0 Å². The molecule has 3 aromatic rings. The molecule has 6 nitrogen and oxygen atoms in total. The molecule has 1 saturated heterocycles. The summed E-state index contributed by atoms with van der Waals surface area (Å²) in [6.45, 7) is 0.428. The first-order chi connectivity index (χ1) is 16.9. The van der Waals surface area contributed by atoms with Crippen LogP contribution in [-0.4, -0.2) is 23.2 Å². The summed E-state index contributed by atoms with van der Waals surface area (Å²) in [6.07, 6.45) is 1.67. The number of nitrogens with zero attached hydrogens (tertiary/aromatic N) is 2. The summed E-state index contributed by atoms with van der Waals surface area (Å²) < 4.78 is 13.4. The van der Waals surface area contributed by atoms with Gasteiger partial charge >= 0.3 is 0 Å². The van der Waals surface area contributed by atoms with Crippen LogP contribution in [0.15, 0.2) is 70.0 Å². The van der Waals surface area contributed by atoms with Crippen molar-refractivity contribution in [1.82, 2.24) is 4.90 Å². The van der Waals surface area contributed by atoms with Gasteiger partial charge in [0.05, 0.1) is 33.8 Å². The van der Waals surface area contributed by atoms with Crippen molar-refractivity contribution >= 4 is 67.5 Å². The van der Waals surface area contributed by atoms with E-state index < -0.39 is 5.91 Å². The van der Waals surface area contributed by atoms with Crippen LogP contribution in [0.4, 0.5) is 4.79 Å². The van der Waals surface area contributed by atoms with Gasteiger partial charge in [-0.1, -0.05) is 46.3 Å². The van der Waals surface area contributed by atoms with Gasteiger partial charge in [0.15, 0.2) is 11.5 Å². The largest absolute Gasteiger partial charge is 0.493 e. The molecule has 0 aliphatic carbocycles. The lowest BCUT2D eigenvalue weighted by atomic mass is 10.1. The van der Waals surface area contributed by atoms with E-state index >= 15 is 0 Å². The van der Waals surface area contributed by atoms with E-state index in [1.165, 1.54) is 0 Å². The van der Waals surface area contributed by atoms with Crippen molar-refractivity contribution in [2.24, 2.45) is 0 Å². The molecule has 176 valence electrons. The number of nitriles is 1. The third-order valence-corrected chi connectivity index (χ3v) is 7.42. The van der Waals surface area contributed by atoms with E-state index in [0.717, 1.165) is 30.3 Å². The van der Waals surface area contributed by atoms with Crippen molar-refractivity contribution in [3.63, 3.8) is 0 Å². The lowest BCUT2D eigenvalue weighted by Crippen LogP contribution is -2.27. The number of carbonyl (C=O) groups excluding carboxylic acids is 2. The third-order valence-electron chi connectivity index (χ3n) is 5.19. The van der Waals surface area contributed by atoms with Gasteiger partial charge < -0.3 is 9.47 Å². The fourth-order valence-electron chi connectivity index (χ4n) is 3.42. The predicted molar refractivity (Wildman–Crippen MR) is 147 cm³/mol. The highest BCUT2D eigenvalue weighted by atomic mass is 127. The number of carbonyl (C=O) groups is 2. The number of hydrogen-bond acceptors (Lipinski definition) is 6. The minimum Gasteiger partial charge on any atom is -0.493 e. The number of benzene rings is 3. The zero-order valence-electron chi connectivity index (χ0n) is 18.5. The van der Waals surface area contributed by atoms with Gasteiger partial charge in [-0.05, 0) is 87.5 Å². The molecule has 0 atom stereocenters. The molecule has 35 heavy (non-hydrogen) atoms. The van der Waals surface area contributed by atoms with Crippen LogP contribution in [0.25, 0.3) is 6.08 Å². The molecule has 0 unspecified atom stereocenters. The minimum atomic E-state index is -0.391. The Bertz CT molecular complexity index is 1370. The molecule has 0 spiro atoms. The number of amides is 2. The fourth-order valence-corrected chi connectivity index (χ4v) is 5.31. The van der Waals surface area contributed by atoms with E-state index in [1.54, 1.807) is 43.5 Å². The number of ether oxygens (including phenoxy) is 2. The first kappa shape index (κ1) is 25.3. The van der Waals surface area contributed by atoms with Gasteiger partial charge in [-0.25, -0.2) is 0 Å². The maximum absolute atomic E-state index is 13.0. The Morgan fingerprint density at radius 2 is 1.89 bits per heavy atom. The van der Waals surface area contributed by atoms with Crippen LogP contribution in [0.1, 0.15) is 22.3 Å². The monoisotopic (exact) mass is 660 g/mol. The van der Waals surface area contributed by atoms with Crippen LogP contribution in [0.3, 0.4) is 0 Å². The molecular weight excluding hydrogens is 643 g/mol. The Morgan fingerprint density at radius 1 is 1.14 bits per heavy atom. The first-order valence-electron chi connectivity index (χ1n) is 10.4. The quantitative estimate of drug-likeness (QED) is 0.206. The standard InChI is InChI=1S/C26H18BrIN2O4S/c1-33-22-11-17(10-21(28)24(22)34-15-16-6-8-20(27)9-7-16)12-23-25(31)30(26(32)35-23)14-19-5-3-2-4-18(19)13-29/h2-12H,14-15H2,1H3/b23-12+. The lowest BCUT2D eigenvalue weighted by Gasteiger charge is -2.14. The highest BCUT2D eigenvalue weighted by molar-refractivity contribution is 14.1. The van der Waals surface area contributed by atoms with Crippen LogP contribution in [0.5, 0.6) is 11.5 Å². The molecule has 2 amide bonds. The highest BCUT2D eigenvalue weighted by Crippen LogP contribution is 2.38. The molecule has 1 aliphatic rings. The number of imide groups is 1. The molecule has 4 rings (SSSR count). The van der Waals surface area contributed by atoms with E-state index in [-0.39, 0.29) is 11.8 Å². The van der Waals surface area contributed by atoms with Crippen LogP contribution in [0, 0.1) is 14.9 Å². The van der Waals surface area contributed by atoms with Gasteiger partial charge in [-0.2, -0.15) is 5.26 Å². The van der Waals surface area contributed by atoms with Gasteiger partial charge in [0, 0.05) is 4.47 Å². The van der Waals surface area contributed by atoms with Crippen LogP contribution in [-0.2, 0) is 17.9 Å². The fraction of sp³-hybridized carbons (Fsp3) is 0.115. The number of thioether (sulfide) groups is 1. The molecule has 0 bridgehead atoms. The van der Waals surface area contributed by atoms with Gasteiger partial charge in [0.25, 0.3) is 11.1 Å². The Balaban J connectivity index is 1.54. The molecule has 0 N–H and O–H groups in total. The number of methoxy groups -OCH3 is 1. The normalized spacial score (nSPS) is 14.3. The van der Waals surface area contributed by atoms with Crippen molar-refractivity contribution in [2.45, 2.75) is 13.2 Å². The van der Waals surface area contributed by atoms with E-state index in [2.05, 4.69) is 44.6 Å². The zero-order valence-corrected chi connectivity index (χ0v) is 23.0. The van der Waals surface area contributed by atoms with Crippen LogP contribution < -0.4 is 9.47 Å². The van der Waals surface area contributed by atoms with E-state index in [1.807, 2.05) is 30.3 Å². The minimum absolute atomic E-state index is 0.0510. The van der Waals surface area contributed by atoms with Crippen molar-refractivity contribution in [3.05, 3.63) is 95.9 Å². The summed E-state index contributed by atoms with van der Waals surface area (Å²) >= 11 is 6.47. The molecule has 9 heteroatoms. The summed E-state index contributed by atoms with van der Waals surface area (Å²) in [6, 6.07) is 20.5. The smallest absolute Gasteiger partial charge is 0.293 e. The molecule has 1 heterocycles. The Morgan fingerprint density at radius 3 is 2.60 bits per heavy atom. The summed E-state index contributed by atoms with van der Waals surface area (Å²) in [4.78, 5) is 27.0. The second-order valence-electron chi connectivity index (χ2n) is 7.49. The maximum Gasteiger partial charge on any atom is 0.293 e. The number of hydrogen-bond donors (Lipinski definition) is 0. The van der Waals surface area contributed by atoms with E-state index in [9.17, 15) is 14.9 Å². The molecule has 1 fully saturated rings. The Hall–Kier alpha value is -2.81. The van der Waals surface area contributed by atoms with E-state index in [4.69, 9.17) is 9.47 Å². The Labute approximate surface area is 229 Å². The predicted octanol–water partition coefficient (Wildman–Crippen LogP) is 6.75. The first-order valence-corrected chi connectivity index (χ1v) is 13.1. The molecule has 1 aliphatic heterocycles. The third kappa shape index (κ3) is 5.89. The van der Waals surface area contributed by atoms with Crippen molar-refractivity contribution in [1.29, 1.82) is 5.26 Å². The highest BCUT2D eigenvalue weighted by Gasteiger charge is 2.35. The van der Waals surface area contributed by atoms with Gasteiger partial charge in [0.1, 0.15) is 6.61 Å². The molecular formula is C26H18BrIN2O4S. The van der Waals surface area contributed by atoms with Gasteiger partial charge in [-0.15, -0.1) is 0 Å². The van der Waals surface area contributed by atoms with E-state index in [0.29, 0.717) is 39.7 Å². The maximum atomic E-state index is 13.0. The zero-order chi connectivity index (χ0) is 24.9. The second kappa shape index (κ2) is 11.3. The SMILES string of the molecule is COc1cc(/C=C2/SC(=O)N(Cc3ccccc3C#N)C2=O)cc(I)c1OCc1ccc(Br)cc1. The van der Waals surface area contributed by atoms with Crippen molar-refractivity contribution < 1.29 is 19.1 Å². The number of halogens is 2. The van der Waals surface area contributed by atoms with Crippen LogP contribution >= 0.6 is 50.3 Å². The van der Waals surface area contributed by atoms with Crippen molar-refractivity contribution in [2.75, 3.05) is 7.11 Å². The molecule has 0 aromatic heterocycles. The van der Waals surface area contributed by atoms with Crippen molar-refractivity contribution in [3.8, 4) is 17.6 Å². The van der Waals surface area contributed by atoms with Gasteiger partial charge in [-0.3, -0.25) is 14.5 Å².